The first-order valence-corrected chi connectivity index (χ1v) is 9.87. The van der Waals surface area contributed by atoms with Crippen molar-refractivity contribution in [1.82, 2.24) is 0 Å². The molecule has 1 spiro atoms. The van der Waals surface area contributed by atoms with E-state index in [4.69, 9.17) is 37.4 Å². The summed E-state index contributed by atoms with van der Waals surface area (Å²) in [5, 5.41) is 0.540. The lowest BCUT2D eigenvalue weighted by atomic mass is 9.88. The summed E-state index contributed by atoms with van der Waals surface area (Å²) in [6.45, 7) is 3.47. The van der Waals surface area contributed by atoms with Gasteiger partial charge in [0, 0.05) is 16.5 Å². The molecule has 1 fully saturated rings. The van der Waals surface area contributed by atoms with Crippen LogP contribution < -0.4 is 14.2 Å². The Bertz CT molecular complexity index is 907. The number of Topliss-reactive ketones (excluding diaryl/α,β-unsaturated/α-hetero) is 1. The lowest BCUT2D eigenvalue weighted by molar-refractivity contribution is -0.143. The number of ketones is 1. The lowest BCUT2D eigenvalue weighted by Gasteiger charge is -2.38. The zero-order chi connectivity index (χ0) is 21.9. The summed E-state index contributed by atoms with van der Waals surface area (Å²) in [6, 6.07) is 2.62. The normalized spacial score (nSPS) is 18.4. The van der Waals surface area contributed by atoms with Gasteiger partial charge in [0.1, 0.15) is 13.2 Å². The number of fused-ring (bicyclic) bond motifs is 1. The number of halogens is 4. The maximum Gasteiger partial charge on any atom is 0.387 e. The summed E-state index contributed by atoms with van der Waals surface area (Å²) in [6.07, 6.45) is 2.85. The Labute approximate surface area is 182 Å². The largest absolute Gasteiger partial charge is 0.488 e. The van der Waals surface area contributed by atoms with Crippen LogP contribution in [0.15, 0.2) is 46.5 Å². The fraction of sp³-hybridized carbons (Fsp3) is 0.381. The molecule has 9 heteroatoms. The monoisotopic (exact) mass is 460 g/mol. The fourth-order valence-corrected chi connectivity index (χ4v) is 3.50. The Morgan fingerprint density at radius 3 is 2.43 bits per heavy atom. The molecule has 3 rings (SSSR count). The van der Waals surface area contributed by atoms with Crippen LogP contribution in [0.5, 0.6) is 17.2 Å². The summed E-state index contributed by atoms with van der Waals surface area (Å²) in [5.74, 6) is -0.579. The van der Waals surface area contributed by atoms with Crippen molar-refractivity contribution in [3.05, 3.63) is 52.1 Å². The van der Waals surface area contributed by atoms with Crippen LogP contribution in [-0.2, 0) is 4.74 Å². The summed E-state index contributed by atoms with van der Waals surface area (Å²) >= 11 is 12.4. The van der Waals surface area contributed by atoms with E-state index in [1.165, 1.54) is 18.2 Å². The van der Waals surface area contributed by atoms with Gasteiger partial charge in [-0.25, -0.2) is 0 Å². The molecule has 1 saturated heterocycles. The predicted molar refractivity (Wildman–Crippen MR) is 109 cm³/mol. The van der Waals surface area contributed by atoms with Crippen molar-refractivity contribution in [2.24, 2.45) is 5.41 Å². The number of rotatable bonds is 7. The minimum absolute atomic E-state index is 0.0394. The standard InChI is InChI=1S/C21H20Cl2F2O5/c1-3-14(22)13(15(23)4-2)7-16(26)12-5-6-17(30-20(24)25)19-18(12)28-10-21(11-29-19)8-27-9-21/h3-6,20H,1,7-11H2,2H3/b14-13+,15-4+. The second-order valence-electron chi connectivity index (χ2n) is 6.99. The summed E-state index contributed by atoms with van der Waals surface area (Å²) in [7, 11) is 0. The highest BCUT2D eigenvalue weighted by atomic mass is 35.5. The molecule has 0 aliphatic carbocycles. The maximum atomic E-state index is 13.1. The minimum Gasteiger partial charge on any atom is -0.488 e. The van der Waals surface area contributed by atoms with E-state index in [0.29, 0.717) is 23.8 Å². The fourth-order valence-electron chi connectivity index (χ4n) is 3.12. The van der Waals surface area contributed by atoms with Gasteiger partial charge >= 0.3 is 6.61 Å². The minimum atomic E-state index is -3.06. The van der Waals surface area contributed by atoms with E-state index < -0.39 is 12.0 Å². The number of carbonyl (C=O) groups is 1. The molecule has 0 bridgehead atoms. The average Bonchev–Trinajstić information content (AvgIpc) is 2.91. The molecule has 0 radical (unpaired) electrons. The second kappa shape index (κ2) is 9.37. The summed E-state index contributed by atoms with van der Waals surface area (Å²) in [5.41, 5.74) is 0.142. The highest BCUT2D eigenvalue weighted by Crippen LogP contribution is 2.46. The molecule has 30 heavy (non-hydrogen) atoms. The average molecular weight is 461 g/mol. The van der Waals surface area contributed by atoms with Gasteiger partial charge < -0.3 is 18.9 Å². The van der Waals surface area contributed by atoms with Crippen LogP contribution in [-0.4, -0.2) is 38.8 Å². The third kappa shape index (κ3) is 4.63. The molecule has 5 nitrogen and oxygen atoms in total. The van der Waals surface area contributed by atoms with Crippen molar-refractivity contribution in [2.45, 2.75) is 20.0 Å². The molecular formula is C21H20Cl2F2O5. The van der Waals surface area contributed by atoms with Crippen LogP contribution in [0.4, 0.5) is 8.78 Å². The van der Waals surface area contributed by atoms with Gasteiger partial charge in [0.05, 0.1) is 24.2 Å². The predicted octanol–water partition coefficient (Wildman–Crippen LogP) is 5.47. The maximum absolute atomic E-state index is 13.1. The van der Waals surface area contributed by atoms with Gasteiger partial charge in [0.25, 0.3) is 0 Å². The molecule has 162 valence electrons. The van der Waals surface area contributed by atoms with E-state index in [2.05, 4.69) is 11.3 Å². The van der Waals surface area contributed by atoms with Gasteiger partial charge in [-0.05, 0) is 24.6 Å². The molecular weight excluding hydrogens is 441 g/mol. The van der Waals surface area contributed by atoms with Crippen molar-refractivity contribution >= 4 is 29.0 Å². The molecule has 0 amide bonds. The third-order valence-corrected chi connectivity index (χ3v) is 5.63. The lowest BCUT2D eigenvalue weighted by Crippen LogP contribution is -2.50. The number of allylic oxidation sites excluding steroid dienone is 5. The van der Waals surface area contributed by atoms with Crippen LogP contribution in [0.2, 0.25) is 0 Å². The second-order valence-corrected chi connectivity index (χ2v) is 7.80. The topological polar surface area (TPSA) is 54.0 Å². The van der Waals surface area contributed by atoms with Gasteiger partial charge in [-0.15, -0.1) is 0 Å². The molecule has 0 saturated carbocycles. The summed E-state index contributed by atoms with van der Waals surface area (Å²) in [4.78, 5) is 13.1. The van der Waals surface area contributed by atoms with Crippen molar-refractivity contribution in [1.29, 1.82) is 0 Å². The highest BCUT2D eigenvalue weighted by molar-refractivity contribution is 6.36. The van der Waals surface area contributed by atoms with Crippen molar-refractivity contribution < 1.29 is 32.5 Å². The molecule has 2 aliphatic heterocycles. The van der Waals surface area contributed by atoms with Crippen LogP contribution in [0.25, 0.3) is 0 Å². The third-order valence-electron chi connectivity index (χ3n) is 4.80. The number of hydrogen-bond acceptors (Lipinski definition) is 5. The molecule has 0 unspecified atom stereocenters. The zero-order valence-electron chi connectivity index (χ0n) is 16.2. The Balaban J connectivity index is 1.99. The molecule has 0 aromatic heterocycles. The van der Waals surface area contributed by atoms with Crippen LogP contribution in [0.3, 0.4) is 0 Å². The van der Waals surface area contributed by atoms with Crippen LogP contribution >= 0.6 is 23.2 Å². The SMILES string of the molecule is C=C/C(Cl)=C(CC(=O)c1ccc(OC(F)F)c2c1OCC1(COC1)CO2)\C(Cl)=C/C. The number of ether oxygens (including phenoxy) is 4. The van der Waals surface area contributed by atoms with E-state index in [0.717, 1.165) is 0 Å². The van der Waals surface area contributed by atoms with E-state index in [9.17, 15) is 13.6 Å². The Hall–Kier alpha value is -2.09. The van der Waals surface area contributed by atoms with E-state index >= 15 is 0 Å². The van der Waals surface area contributed by atoms with Crippen molar-refractivity contribution in [2.75, 3.05) is 26.4 Å². The zero-order valence-corrected chi connectivity index (χ0v) is 17.7. The van der Waals surface area contributed by atoms with Gasteiger partial charge in [-0.1, -0.05) is 41.9 Å². The molecule has 1 aromatic carbocycles. The number of alkyl halides is 2. The Morgan fingerprint density at radius 2 is 1.90 bits per heavy atom. The first-order valence-electron chi connectivity index (χ1n) is 9.12. The molecule has 2 heterocycles. The Kier molecular flexibility index (Phi) is 7.06. The number of hydrogen-bond donors (Lipinski definition) is 0. The van der Waals surface area contributed by atoms with E-state index in [1.807, 2.05) is 0 Å². The van der Waals surface area contributed by atoms with Gasteiger partial charge in [-0.3, -0.25) is 4.79 Å². The molecule has 0 atom stereocenters. The first-order chi connectivity index (χ1) is 14.3. The number of carbonyl (C=O) groups excluding carboxylic acids is 1. The molecule has 1 aromatic rings. The Morgan fingerprint density at radius 1 is 1.23 bits per heavy atom. The van der Waals surface area contributed by atoms with Gasteiger partial charge in [0.2, 0.25) is 5.75 Å². The van der Waals surface area contributed by atoms with Crippen LogP contribution in [0, 0.1) is 5.41 Å². The molecule has 0 N–H and O–H groups in total. The van der Waals surface area contributed by atoms with Gasteiger partial charge in [-0.2, -0.15) is 8.78 Å². The van der Waals surface area contributed by atoms with Crippen molar-refractivity contribution in [3.8, 4) is 17.2 Å². The number of benzene rings is 1. The van der Waals surface area contributed by atoms with Crippen molar-refractivity contribution in [3.63, 3.8) is 0 Å². The van der Waals surface area contributed by atoms with E-state index in [-0.39, 0.29) is 53.3 Å². The van der Waals surface area contributed by atoms with E-state index in [1.54, 1.807) is 13.0 Å². The van der Waals surface area contributed by atoms with Crippen LogP contribution in [0.1, 0.15) is 23.7 Å². The quantitative estimate of drug-likeness (QED) is 0.398. The molecule has 2 aliphatic rings. The highest BCUT2D eigenvalue weighted by Gasteiger charge is 2.43. The first kappa shape index (κ1) is 22.6. The summed E-state index contributed by atoms with van der Waals surface area (Å²) < 4.78 is 47.1. The smallest absolute Gasteiger partial charge is 0.387 e. The van der Waals surface area contributed by atoms with Gasteiger partial charge in [0.15, 0.2) is 17.3 Å².